The third-order valence-corrected chi connectivity index (χ3v) is 7.42. The van der Waals surface area contributed by atoms with Crippen LogP contribution in [-0.4, -0.2) is 45.3 Å². The Labute approximate surface area is 240 Å². The zero-order valence-electron chi connectivity index (χ0n) is 22.7. The molecule has 0 aliphatic heterocycles. The number of hydrogen-bond acceptors (Lipinski definition) is 8. The van der Waals surface area contributed by atoms with Gasteiger partial charge in [0.2, 0.25) is 0 Å². The van der Waals surface area contributed by atoms with Gasteiger partial charge >= 0.3 is 11.9 Å². The van der Waals surface area contributed by atoms with E-state index in [9.17, 15) is 14.4 Å². The van der Waals surface area contributed by atoms with Gasteiger partial charge in [-0.2, -0.15) is 0 Å². The van der Waals surface area contributed by atoms with Crippen LogP contribution in [0, 0.1) is 0 Å². The number of anilines is 1. The van der Waals surface area contributed by atoms with Crippen molar-refractivity contribution in [1.82, 2.24) is 0 Å². The summed E-state index contributed by atoms with van der Waals surface area (Å²) in [6, 6.07) is 22.3. The Morgan fingerprint density at radius 2 is 1.39 bits per heavy atom. The molecule has 1 N–H and O–H groups in total. The molecule has 0 bridgehead atoms. The number of benzene rings is 4. The lowest BCUT2D eigenvalue weighted by molar-refractivity contribution is -0.119. The topological polar surface area (TPSA) is 100 Å². The highest BCUT2D eigenvalue weighted by Crippen LogP contribution is 2.39. The lowest BCUT2D eigenvalue weighted by Gasteiger charge is -2.12. The Morgan fingerprint density at radius 3 is 2.02 bits per heavy atom. The minimum absolute atomic E-state index is 0.157. The molecule has 1 aromatic heterocycles. The van der Waals surface area contributed by atoms with Crippen molar-refractivity contribution < 1.29 is 33.3 Å². The van der Waals surface area contributed by atoms with E-state index in [0.717, 1.165) is 21.5 Å². The van der Waals surface area contributed by atoms with E-state index in [-0.39, 0.29) is 17.2 Å². The van der Waals surface area contributed by atoms with Crippen molar-refractivity contribution in [3.63, 3.8) is 0 Å². The molecule has 5 rings (SSSR count). The summed E-state index contributed by atoms with van der Waals surface area (Å²) in [6.45, 7) is 1.32. The van der Waals surface area contributed by atoms with Crippen LogP contribution in [-0.2, 0) is 14.3 Å². The van der Waals surface area contributed by atoms with Crippen molar-refractivity contribution >= 4 is 55.7 Å². The predicted octanol–water partition coefficient (Wildman–Crippen LogP) is 6.71. The standard InChI is InChI=1S/C32H27NO7S/c1-4-39-32(36)29-24(21-13-14-25(37-2)26(16-21)38-3)18-41-30(29)33-27(34)17-40-31(35)28-22-11-7-5-9-19(22)15-20-10-6-8-12-23(20)28/h5-16,18H,4,17H2,1-3H3,(H,33,34). The molecule has 0 spiro atoms. The second-order valence-electron chi connectivity index (χ2n) is 8.96. The Kier molecular flexibility index (Phi) is 8.16. The molecule has 4 aromatic carbocycles. The first-order valence-electron chi connectivity index (χ1n) is 12.8. The number of esters is 2. The first-order valence-corrected chi connectivity index (χ1v) is 13.7. The van der Waals surface area contributed by atoms with E-state index in [0.29, 0.717) is 28.2 Å². The van der Waals surface area contributed by atoms with Crippen LogP contribution < -0.4 is 14.8 Å². The van der Waals surface area contributed by atoms with Crippen molar-refractivity contribution in [1.29, 1.82) is 0 Å². The van der Waals surface area contributed by atoms with Crippen LogP contribution in [0.25, 0.3) is 32.7 Å². The first kappa shape index (κ1) is 27.7. The first-order chi connectivity index (χ1) is 19.9. The van der Waals surface area contributed by atoms with Crippen molar-refractivity contribution in [2.45, 2.75) is 6.92 Å². The van der Waals surface area contributed by atoms with Gasteiger partial charge in [0.25, 0.3) is 5.91 Å². The number of methoxy groups -OCH3 is 2. The van der Waals surface area contributed by atoms with Crippen molar-refractivity contribution in [3.8, 4) is 22.6 Å². The number of nitrogens with one attached hydrogen (secondary N) is 1. The smallest absolute Gasteiger partial charge is 0.341 e. The second kappa shape index (κ2) is 12.1. The molecule has 0 unspecified atom stereocenters. The fraction of sp³-hybridized carbons (Fsp3) is 0.156. The summed E-state index contributed by atoms with van der Waals surface area (Å²) >= 11 is 1.17. The van der Waals surface area contributed by atoms with E-state index in [1.165, 1.54) is 25.6 Å². The van der Waals surface area contributed by atoms with Gasteiger partial charge < -0.3 is 24.3 Å². The number of thiophene rings is 1. The summed E-state index contributed by atoms with van der Waals surface area (Å²) in [5.41, 5.74) is 1.83. The molecule has 0 aliphatic rings. The zero-order chi connectivity index (χ0) is 28.9. The third kappa shape index (κ3) is 5.57. The molecule has 8 nitrogen and oxygen atoms in total. The van der Waals surface area contributed by atoms with Gasteiger partial charge in [-0.1, -0.05) is 54.6 Å². The highest BCUT2D eigenvalue weighted by atomic mass is 32.1. The zero-order valence-corrected chi connectivity index (χ0v) is 23.5. The Morgan fingerprint density at radius 1 is 0.756 bits per heavy atom. The predicted molar refractivity (Wildman–Crippen MR) is 159 cm³/mol. The number of carbonyl (C=O) groups is 3. The number of amides is 1. The van der Waals surface area contributed by atoms with Gasteiger partial charge in [-0.05, 0) is 52.2 Å². The minimum Gasteiger partial charge on any atom is -0.493 e. The van der Waals surface area contributed by atoms with Crippen molar-refractivity contribution in [3.05, 3.63) is 89.3 Å². The van der Waals surface area contributed by atoms with Crippen LogP contribution in [0.2, 0.25) is 0 Å². The number of rotatable bonds is 9. The maximum atomic E-state index is 13.3. The van der Waals surface area contributed by atoms with Crippen LogP contribution in [0.5, 0.6) is 11.5 Å². The third-order valence-electron chi connectivity index (χ3n) is 6.53. The highest BCUT2D eigenvalue weighted by Gasteiger charge is 2.24. The van der Waals surface area contributed by atoms with Crippen LogP contribution in [0.15, 0.2) is 78.2 Å². The average Bonchev–Trinajstić information content (AvgIpc) is 3.41. The molecule has 41 heavy (non-hydrogen) atoms. The largest absolute Gasteiger partial charge is 0.493 e. The average molecular weight is 570 g/mol. The molecule has 0 fully saturated rings. The lowest BCUT2D eigenvalue weighted by atomic mass is 9.97. The molecule has 208 valence electrons. The Bertz CT molecular complexity index is 1720. The summed E-state index contributed by atoms with van der Waals surface area (Å²) in [4.78, 5) is 39.2. The Balaban J connectivity index is 1.40. The minimum atomic E-state index is -0.615. The van der Waals surface area contributed by atoms with Gasteiger partial charge in [0.05, 0.1) is 26.4 Å². The van der Waals surface area contributed by atoms with E-state index in [1.807, 2.05) is 54.6 Å². The van der Waals surface area contributed by atoms with E-state index >= 15 is 0 Å². The van der Waals surface area contributed by atoms with E-state index in [1.54, 1.807) is 30.5 Å². The van der Waals surface area contributed by atoms with Gasteiger partial charge in [-0.15, -0.1) is 11.3 Å². The molecule has 0 saturated carbocycles. The van der Waals surface area contributed by atoms with E-state index in [4.69, 9.17) is 18.9 Å². The molecule has 1 amide bonds. The number of ether oxygens (including phenoxy) is 4. The number of hydrogen-bond donors (Lipinski definition) is 1. The fourth-order valence-corrected chi connectivity index (χ4v) is 5.65. The number of fused-ring (bicyclic) bond motifs is 2. The van der Waals surface area contributed by atoms with Crippen LogP contribution in [0.1, 0.15) is 27.6 Å². The lowest BCUT2D eigenvalue weighted by Crippen LogP contribution is -2.22. The van der Waals surface area contributed by atoms with Crippen molar-refractivity contribution in [2.75, 3.05) is 32.8 Å². The summed E-state index contributed by atoms with van der Waals surface area (Å²) in [6.07, 6.45) is 0. The van der Waals surface area contributed by atoms with Crippen LogP contribution in [0.4, 0.5) is 5.00 Å². The Hall–Kier alpha value is -4.89. The van der Waals surface area contributed by atoms with Gasteiger partial charge in [-0.25, -0.2) is 9.59 Å². The SMILES string of the molecule is CCOC(=O)c1c(-c2ccc(OC)c(OC)c2)csc1NC(=O)COC(=O)c1c2ccccc2cc2ccccc12. The van der Waals surface area contributed by atoms with Crippen molar-refractivity contribution in [2.24, 2.45) is 0 Å². The quantitative estimate of drug-likeness (QED) is 0.156. The maximum absolute atomic E-state index is 13.3. The number of carbonyl (C=O) groups excluding carboxylic acids is 3. The maximum Gasteiger partial charge on any atom is 0.341 e. The summed E-state index contributed by atoms with van der Waals surface area (Å²) in [7, 11) is 3.06. The van der Waals surface area contributed by atoms with Crippen LogP contribution in [0.3, 0.4) is 0 Å². The fourth-order valence-electron chi connectivity index (χ4n) is 4.67. The van der Waals surface area contributed by atoms with E-state index < -0.39 is 24.5 Å². The molecule has 0 saturated heterocycles. The summed E-state index contributed by atoms with van der Waals surface area (Å²) in [5, 5.41) is 8.00. The molecule has 5 aromatic rings. The molecule has 0 atom stereocenters. The summed E-state index contributed by atoms with van der Waals surface area (Å²) < 4.78 is 21.5. The normalized spacial score (nSPS) is 10.8. The molecule has 9 heteroatoms. The summed E-state index contributed by atoms with van der Waals surface area (Å²) in [5.74, 6) is -0.763. The molecule has 1 heterocycles. The molecular weight excluding hydrogens is 542 g/mol. The second-order valence-corrected chi connectivity index (χ2v) is 9.84. The molecule has 0 radical (unpaired) electrons. The van der Waals surface area contributed by atoms with Gasteiger partial charge in [0, 0.05) is 10.9 Å². The molecule has 0 aliphatic carbocycles. The van der Waals surface area contributed by atoms with Gasteiger partial charge in [0.1, 0.15) is 10.6 Å². The highest BCUT2D eigenvalue weighted by molar-refractivity contribution is 7.15. The van der Waals surface area contributed by atoms with Gasteiger partial charge in [0.15, 0.2) is 18.1 Å². The van der Waals surface area contributed by atoms with E-state index in [2.05, 4.69) is 5.32 Å². The monoisotopic (exact) mass is 569 g/mol. The van der Waals surface area contributed by atoms with Crippen LogP contribution >= 0.6 is 11.3 Å². The molecular formula is C32H27NO7S. The van der Waals surface area contributed by atoms with Gasteiger partial charge in [-0.3, -0.25) is 4.79 Å².